The standard InChI is InChI=1S/C10H7FN4S/c1-6-14-15-5-9(13-10(15)16-6)7-2-8(11)4-12-3-7/h2-5H,1H3. The highest BCUT2D eigenvalue weighted by Crippen LogP contribution is 2.21. The van der Waals surface area contributed by atoms with Crippen molar-refractivity contribution in [1.29, 1.82) is 0 Å². The lowest BCUT2D eigenvalue weighted by atomic mass is 10.2. The molecule has 3 heterocycles. The maximum absolute atomic E-state index is 13.0. The molecule has 0 saturated heterocycles. The molecule has 0 spiro atoms. The van der Waals surface area contributed by atoms with E-state index in [1.54, 1.807) is 16.9 Å². The smallest absolute Gasteiger partial charge is 0.212 e. The molecule has 16 heavy (non-hydrogen) atoms. The van der Waals surface area contributed by atoms with Gasteiger partial charge in [-0.05, 0) is 13.0 Å². The Bertz CT molecular complexity index is 626. The highest BCUT2D eigenvalue weighted by Gasteiger charge is 2.08. The molecule has 0 fully saturated rings. The molecular weight excluding hydrogens is 227 g/mol. The van der Waals surface area contributed by atoms with Crippen molar-refractivity contribution in [3.05, 3.63) is 35.5 Å². The van der Waals surface area contributed by atoms with Crippen LogP contribution in [0.5, 0.6) is 0 Å². The summed E-state index contributed by atoms with van der Waals surface area (Å²) in [6.07, 6.45) is 4.53. The molecule has 0 N–H and O–H groups in total. The molecular formula is C10H7FN4S. The van der Waals surface area contributed by atoms with E-state index >= 15 is 0 Å². The molecule has 0 aliphatic carbocycles. The summed E-state index contributed by atoms with van der Waals surface area (Å²) in [4.78, 5) is 8.95. The second kappa shape index (κ2) is 3.34. The number of rotatable bonds is 1. The van der Waals surface area contributed by atoms with Crippen molar-refractivity contribution >= 4 is 16.3 Å². The molecule has 0 atom stereocenters. The van der Waals surface area contributed by atoms with Gasteiger partial charge in [-0.15, -0.1) is 0 Å². The fourth-order valence-corrected chi connectivity index (χ4v) is 2.21. The van der Waals surface area contributed by atoms with Crippen LogP contribution in [0.1, 0.15) is 5.01 Å². The van der Waals surface area contributed by atoms with Gasteiger partial charge in [0.1, 0.15) is 10.8 Å². The van der Waals surface area contributed by atoms with Crippen molar-refractivity contribution in [2.75, 3.05) is 0 Å². The molecule has 3 aromatic rings. The molecule has 0 radical (unpaired) electrons. The first-order chi connectivity index (χ1) is 7.72. The predicted molar refractivity (Wildman–Crippen MR) is 58.8 cm³/mol. The van der Waals surface area contributed by atoms with Crippen molar-refractivity contribution < 1.29 is 4.39 Å². The summed E-state index contributed by atoms with van der Waals surface area (Å²) in [6.45, 7) is 1.92. The average molecular weight is 234 g/mol. The van der Waals surface area contributed by atoms with E-state index in [1.807, 2.05) is 6.92 Å². The molecule has 4 nitrogen and oxygen atoms in total. The van der Waals surface area contributed by atoms with E-state index in [0.29, 0.717) is 11.3 Å². The van der Waals surface area contributed by atoms with Crippen molar-refractivity contribution in [3.63, 3.8) is 0 Å². The zero-order valence-electron chi connectivity index (χ0n) is 8.38. The minimum atomic E-state index is -0.363. The van der Waals surface area contributed by atoms with Crippen molar-refractivity contribution in [3.8, 4) is 11.3 Å². The Balaban J connectivity index is 2.15. The lowest BCUT2D eigenvalue weighted by Gasteiger charge is -1.94. The van der Waals surface area contributed by atoms with Gasteiger partial charge in [0.25, 0.3) is 0 Å². The summed E-state index contributed by atoms with van der Waals surface area (Å²) in [6, 6.07) is 1.41. The van der Waals surface area contributed by atoms with Crippen LogP contribution in [0, 0.1) is 12.7 Å². The van der Waals surface area contributed by atoms with Gasteiger partial charge in [0.15, 0.2) is 0 Å². The van der Waals surface area contributed by atoms with E-state index < -0.39 is 0 Å². The number of pyridine rings is 1. The molecule has 0 aliphatic heterocycles. The number of fused-ring (bicyclic) bond motifs is 1. The number of imidazole rings is 1. The zero-order valence-corrected chi connectivity index (χ0v) is 9.20. The van der Waals surface area contributed by atoms with E-state index in [1.165, 1.54) is 23.6 Å². The zero-order chi connectivity index (χ0) is 11.1. The monoisotopic (exact) mass is 234 g/mol. The van der Waals surface area contributed by atoms with E-state index in [4.69, 9.17) is 0 Å². The van der Waals surface area contributed by atoms with Crippen LogP contribution in [0.3, 0.4) is 0 Å². The van der Waals surface area contributed by atoms with Crippen molar-refractivity contribution in [2.24, 2.45) is 0 Å². The lowest BCUT2D eigenvalue weighted by Crippen LogP contribution is -1.83. The van der Waals surface area contributed by atoms with Crippen LogP contribution < -0.4 is 0 Å². The highest BCUT2D eigenvalue weighted by molar-refractivity contribution is 7.16. The van der Waals surface area contributed by atoms with Crippen LogP contribution in [0.2, 0.25) is 0 Å². The van der Waals surface area contributed by atoms with Gasteiger partial charge in [-0.1, -0.05) is 11.3 Å². The van der Waals surface area contributed by atoms with Gasteiger partial charge in [-0.3, -0.25) is 4.98 Å². The van der Waals surface area contributed by atoms with Gasteiger partial charge in [0, 0.05) is 11.8 Å². The minimum Gasteiger partial charge on any atom is -0.261 e. The van der Waals surface area contributed by atoms with Gasteiger partial charge >= 0.3 is 0 Å². The van der Waals surface area contributed by atoms with Crippen LogP contribution >= 0.6 is 11.3 Å². The Morgan fingerprint density at radius 2 is 2.25 bits per heavy atom. The van der Waals surface area contributed by atoms with E-state index in [-0.39, 0.29) is 5.82 Å². The van der Waals surface area contributed by atoms with Crippen molar-refractivity contribution in [1.82, 2.24) is 19.6 Å². The Labute approximate surface area is 94.4 Å². The largest absolute Gasteiger partial charge is 0.261 e. The summed E-state index contributed by atoms with van der Waals surface area (Å²) in [7, 11) is 0. The molecule has 0 amide bonds. The third kappa shape index (κ3) is 1.47. The second-order valence-electron chi connectivity index (χ2n) is 3.37. The van der Waals surface area contributed by atoms with Crippen LogP contribution in [-0.2, 0) is 0 Å². The fraction of sp³-hybridized carbons (Fsp3) is 0.100. The minimum absolute atomic E-state index is 0.363. The molecule has 80 valence electrons. The lowest BCUT2D eigenvalue weighted by molar-refractivity contribution is 0.622. The molecule has 0 aromatic carbocycles. The topological polar surface area (TPSA) is 43.1 Å². The van der Waals surface area contributed by atoms with Crippen molar-refractivity contribution in [2.45, 2.75) is 6.92 Å². The van der Waals surface area contributed by atoms with Crippen LogP contribution in [0.25, 0.3) is 16.2 Å². The summed E-state index contributed by atoms with van der Waals surface area (Å²) in [5.74, 6) is -0.363. The molecule has 0 saturated carbocycles. The highest BCUT2D eigenvalue weighted by atomic mass is 32.1. The maximum Gasteiger partial charge on any atom is 0.212 e. The van der Waals surface area contributed by atoms with Crippen LogP contribution in [0.4, 0.5) is 4.39 Å². The predicted octanol–water partition coefficient (Wildman–Crippen LogP) is 2.30. The number of hydrogen-bond donors (Lipinski definition) is 0. The molecule has 3 aromatic heterocycles. The SMILES string of the molecule is Cc1nn2cc(-c3cncc(F)c3)nc2s1. The first kappa shape index (κ1) is 9.41. The van der Waals surface area contributed by atoms with Crippen LogP contribution in [-0.4, -0.2) is 19.6 Å². The molecule has 0 aliphatic rings. The molecule has 3 rings (SSSR count). The number of hydrogen-bond acceptors (Lipinski definition) is 4. The van der Waals surface area contributed by atoms with Gasteiger partial charge in [-0.25, -0.2) is 13.9 Å². The van der Waals surface area contributed by atoms with Gasteiger partial charge in [0.2, 0.25) is 4.96 Å². The molecule has 6 heteroatoms. The van der Waals surface area contributed by atoms with E-state index in [2.05, 4.69) is 15.1 Å². The molecule has 0 unspecified atom stereocenters. The third-order valence-corrected chi connectivity index (χ3v) is 2.98. The Morgan fingerprint density at radius 1 is 1.38 bits per heavy atom. The Kier molecular flexibility index (Phi) is 1.97. The van der Waals surface area contributed by atoms with Gasteiger partial charge in [0.05, 0.1) is 18.1 Å². The first-order valence-corrected chi connectivity index (χ1v) is 5.48. The summed E-state index contributed by atoms with van der Waals surface area (Å²) in [5, 5.41) is 5.19. The number of nitrogens with zero attached hydrogens (tertiary/aromatic N) is 4. The summed E-state index contributed by atoms with van der Waals surface area (Å²) < 4.78 is 14.7. The first-order valence-electron chi connectivity index (χ1n) is 4.66. The third-order valence-electron chi connectivity index (χ3n) is 2.14. The Hall–Kier alpha value is -1.82. The van der Waals surface area contributed by atoms with Gasteiger partial charge < -0.3 is 0 Å². The maximum atomic E-state index is 13.0. The Morgan fingerprint density at radius 3 is 3.00 bits per heavy atom. The van der Waals surface area contributed by atoms with Crippen LogP contribution in [0.15, 0.2) is 24.7 Å². The van der Waals surface area contributed by atoms with E-state index in [0.717, 1.165) is 9.97 Å². The quantitative estimate of drug-likeness (QED) is 0.649. The summed E-state index contributed by atoms with van der Waals surface area (Å²) >= 11 is 1.50. The number of aromatic nitrogens is 4. The second-order valence-corrected chi connectivity index (χ2v) is 4.53. The average Bonchev–Trinajstić information content (AvgIpc) is 2.74. The van der Waals surface area contributed by atoms with E-state index in [9.17, 15) is 4.39 Å². The normalized spacial score (nSPS) is 11.1. The fourth-order valence-electron chi connectivity index (χ4n) is 1.49. The van der Waals surface area contributed by atoms with Gasteiger partial charge in [-0.2, -0.15) is 5.10 Å². The molecule has 0 bridgehead atoms. The number of halogens is 1. The number of aryl methyl sites for hydroxylation is 1. The summed E-state index contributed by atoms with van der Waals surface area (Å²) in [5.41, 5.74) is 1.35.